The summed E-state index contributed by atoms with van der Waals surface area (Å²) in [6.07, 6.45) is 2.60. The third kappa shape index (κ3) is 7.09. The maximum atomic E-state index is 11.1. The highest BCUT2D eigenvalue weighted by atomic mass is 35.5. The molecule has 2 heterocycles. The lowest BCUT2D eigenvalue weighted by Gasteiger charge is -2.30. The topological polar surface area (TPSA) is 54.4 Å². The van der Waals surface area contributed by atoms with Gasteiger partial charge in [0.15, 0.2) is 0 Å². The molecule has 2 aliphatic heterocycles. The number of β-amino-alcohol motifs (C(OH)–C–C–N with tert-alkyl or cyclic N) is 1. The van der Waals surface area contributed by atoms with Crippen molar-refractivity contribution in [2.45, 2.75) is 25.0 Å². The Kier molecular flexibility index (Phi) is 8.27. The third-order valence-electron chi connectivity index (χ3n) is 5.94. The fourth-order valence-corrected chi connectivity index (χ4v) is 4.38. The normalized spacial score (nSPS) is 22.6. The summed E-state index contributed by atoms with van der Waals surface area (Å²) in [4.78, 5) is 4.66. The highest BCUT2D eigenvalue weighted by molar-refractivity contribution is 6.30. The van der Waals surface area contributed by atoms with Crippen LogP contribution in [0.1, 0.15) is 18.4 Å². The van der Waals surface area contributed by atoms with Crippen molar-refractivity contribution < 1.29 is 19.3 Å². The van der Waals surface area contributed by atoms with E-state index in [1.807, 2.05) is 12.1 Å². The van der Waals surface area contributed by atoms with E-state index in [1.54, 1.807) is 24.3 Å². The lowest BCUT2D eigenvalue weighted by molar-refractivity contribution is -0.0646. The molecule has 4 rings (SSSR count). The van der Waals surface area contributed by atoms with Crippen molar-refractivity contribution in [2.75, 3.05) is 59.2 Å². The van der Waals surface area contributed by atoms with Gasteiger partial charge in [-0.3, -0.25) is 9.80 Å². The lowest BCUT2D eigenvalue weighted by atomic mass is 10.1. The molecule has 7 heteroatoms. The number of halogens is 1. The summed E-state index contributed by atoms with van der Waals surface area (Å²) in [7, 11) is 0. The molecule has 0 bridgehead atoms. The number of rotatable bonds is 9. The van der Waals surface area contributed by atoms with Crippen LogP contribution in [0.5, 0.6) is 11.5 Å². The van der Waals surface area contributed by atoms with Crippen LogP contribution in [0.4, 0.5) is 0 Å². The molecule has 32 heavy (non-hydrogen) atoms. The van der Waals surface area contributed by atoms with Gasteiger partial charge in [0.25, 0.3) is 0 Å². The van der Waals surface area contributed by atoms with Crippen molar-refractivity contribution in [3.05, 3.63) is 59.1 Å². The molecule has 0 aromatic heterocycles. The van der Waals surface area contributed by atoms with Crippen molar-refractivity contribution in [1.29, 1.82) is 0 Å². The predicted molar refractivity (Wildman–Crippen MR) is 126 cm³/mol. The van der Waals surface area contributed by atoms with Crippen molar-refractivity contribution in [3.8, 4) is 11.5 Å². The molecule has 1 atom stereocenters. The van der Waals surface area contributed by atoms with Crippen LogP contribution in [0.15, 0.2) is 48.5 Å². The van der Waals surface area contributed by atoms with Crippen LogP contribution in [-0.4, -0.2) is 79.7 Å². The quantitative estimate of drug-likeness (QED) is 0.618. The Labute approximate surface area is 195 Å². The lowest BCUT2D eigenvalue weighted by Crippen LogP contribution is -2.48. The van der Waals surface area contributed by atoms with Gasteiger partial charge in [0.1, 0.15) is 30.3 Å². The molecule has 2 fully saturated rings. The van der Waals surface area contributed by atoms with Gasteiger partial charge >= 0.3 is 0 Å². The summed E-state index contributed by atoms with van der Waals surface area (Å²) in [5.41, 5.74) is 0.0755. The summed E-state index contributed by atoms with van der Waals surface area (Å²) in [6, 6.07) is 15.4. The van der Waals surface area contributed by atoms with E-state index in [-0.39, 0.29) is 13.2 Å². The van der Waals surface area contributed by atoms with E-state index in [9.17, 15) is 5.11 Å². The van der Waals surface area contributed by atoms with Crippen LogP contribution < -0.4 is 9.47 Å². The number of likely N-dealkylation sites (tertiary alicyclic amines) is 1. The van der Waals surface area contributed by atoms with Gasteiger partial charge in [0.05, 0.1) is 13.2 Å². The molecule has 2 aliphatic rings. The van der Waals surface area contributed by atoms with Crippen LogP contribution in [0, 0.1) is 0 Å². The molecular formula is C25H33ClN2O4. The molecule has 0 spiro atoms. The zero-order valence-electron chi connectivity index (χ0n) is 18.5. The standard InChI is InChI=1S/C25H33ClN2O4/c26-22-6-8-23(9-7-22)32-20-25(29)18-28(12-14-30-19-25)17-21-4-3-5-24(16-21)31-15-13-27-10-1-2-11-27/h3-9,16,29H,1-2,10-15,17-20H2/t25-/m1/s1. The first-order valence-corrected chi connectivity index (χ1v) is 11.8. The first-order chi connectivity index (χ1) is 15.6. The highest BCUT2D eigenvalue weighted by Gasteiger charge is 2.33. The largest absolute Gasteiger partial charge is 0.492 e. The average Bonchev–Trinajstić information content (AvgIpc) is 3.23. The fraction of sp³-hybridized carbons (Fsp3) is 0.520. The Hall–Kier alpha value is -1.83. The fourth-order valence-electron chi connectivity index (χ4n) is 4.26. The molecule has 6 nitrogen and oxygen atoms in total. The molecule has 2 aromatic carbocycles. The Morgan fingerprint density at radius 1 is 0.969 bits per heavy atom. The smallest absolute Gasteiger partial charge is 0.134 e. The van der Waals surface area contributed by atoms with Crippen molar-refractivity contribution >= 4 is 11.6 Å². The van der Waals surface area contributed by atoms with Crippen molar-refractivity contribution in [3.63, 3.8) is 0 Å². The Bertz CT molecular complexity index is 844. The maximum Gasteiger partial charge on any atom is 0.134 e. The Morgan fingerprint density at radius 2 is 1.78 bits per heavy atom. The van der Waals surface area contributed by atoms with Gasteiger partial charge < -0.3 is 19.3 Å². The van der Waals surface area contributed by atoms with Crippen molar-refractivity contribution in [2.24, 2.45) is 0 Å². The van der Waals surface area contributed by atoms with E-state index in [0.29, 0.717) is 30.5 Å². The zero-order chi connectivity index (χ0) is 22.2. The van der Waals surface area contributed by atoms with Crippen LogP contribution >= 0.6 is 11.6 Å². The van der Waals surface area contributed by atoms with Crippen molar-refractivity contribution in [1.82, 2.24) is 9.80 Å². The van der Waals surface area contributed by atoms with Crippen LogP contribution in [0.25, 0.3) is 0 Å². The summed E-state index contributed by atoms with van der Waals surface area (Å²) < 4.78 is 17.5. The number of ether oxygens (including phenoxy) is 3. The second-order valence-electron chi connectivity index (χ2n) is 8.77. The van der Waals surface area contributed by atoms with E-state index >= 15 is 0 Å². The second kappa shape index (κ2) is 11.3. The minimum atomic E-state index is -1.08. The van der Waals surface area contributed by atoms with Gasteiger partial charge in [-0.05, 0) is 67.9 Å². The summed E-state index contributed by atoms with van der Waals surface area (Å²) >= 11 is 5.93. The first kappa shape index (κ1) is 23.3. The Balaban J connectivity index is 1.30. The van der Waals surface area contributed by atoms with Gasteiger partial charge in [-0.25, -0.2) is 0 Å². The summed E-state index contributed by atoms with van der Waals surface area (Å²) in [5, 5.41) is 11.8. The first-order valence-electron chi connectivity index (χ1n) is 11.4. The number of aliphatic hydroxyl groups is 1. The molecule has 1 N–H and O–H groups in total. The highest BCUT2D eigenvalue weighted by Crippen LogP contribution is 2.21. The van der Waals surface area contributed by atoms with Crippen LogP contribution in [0.3, 0.4) is 0 Å². The van der Waals surface area contributed by atoms with Gasteiger partial charge in [-0.1, -0.05) is 23.7 Å². The van der Waals surface area contributed by atoms with Gasteiger partial charge in [0, 0.05) is 31.2 Å². The molecule has 0 aliphatic carbocycles. The molecule has 0 unspecified atom stereocenters. The monoisotopic (exact) mass is 460 g/mol. The van der Waals surface area contributed by atoms with Gasteiger partial charge in [-0.2, -0.15) is 0 Å². The SMILES string of the molecule is O[C@@]1(COc2ccc(Cl)cc2)COCCN(Cc2cccc(OCCN3CCCC3)c2)C1. The predicted octanol–water partition coefficient (Wildman–Crippen LogP) is 3.46. The van der Waals surface area contributed by atoms with Gasteiger partial charge in [-0.15, -0.1) is 0 Å². The molecule has 0 saturated carbocycles. The summed E-state index contributed by atoms with van der Waals surface area (Å²) in [5.74, 6) is 1.58. The van der Waals surface area contributed by atoms with E-state index in [4.69, 9.17) is 25.8 Å². The van der Waals surface area contributed by atoms with Crippen LogP contribution in [-0.2, 0) is 11.3 Å². The Morgan fingerprint density at radius 3 is 2.59 bits per heavy atom. The molecule has 2 aromatic rings. The molecule has 0 radical (unpaired) electrons. The second-order valence-corrected chi connectivity index (χ2v) is 9.21. The third-order valence-corrected chi connectivity index (χ3v) is 6.19. The maximum absolute atomic E-state index is 11.1. The van der Waals surface area contributed by atoms with E-state index < -0.39 is 5.60 Å². The van der Waals surface area contributed by atoms with E-state index in [1.165, 1.54) is 25.9 Å². The number of hydrogen-bond donors (Lipinski definition) is 1. The van der Waals surface area contributed by atoms with Crippen LogP contribution in [0.2, 0.25) is 5.02 Å². The molecule has 174 valence electrons. The summed E-state index contributed by atoms with van der Waals surface area (Å²) in [6.45, 7) is 6.99. The number of hydrogen-bond acceptors (Lipinski definition) is 6. The minimum absolute atomic E-state index is 0.158. The average molecular weight is 461 g/mol. The van der Waals surface area contributed by atoms with E-state index in [2.05, 4.69) is 21.9 Å². The zero-order valence-corrected chi connectivity index (χ0v) is 19.3. The number of benzene rings is 2. The molecule has 2 saturated heterocycles. The molecule has 0 amide bonds. The van der Waals surface area contributed by atoms with Gasteiger partial charge in [0.2, 0.25) is 0 Å². The molecular weight excluding hydrogens is 428 g/mol. The number of nitrogens with zero attached hydrogens (tertiary/aromatic N) is 2. The minimum Gasteiger partial charge on any atom is -0.492 e. The van der Waals surface area contributed by atoms with E-state index in [0.717, 1.165) is 30.9 Å².